The molecule has 0 atom stereocenters. The van der Waals surface area contributed by atoms with Crippen molar-refractivity contribution in [3.63, 3.8) is 0 Å². The molecule has 0 unspecified atom stereocenters. The van der Waals surface area contributed by atoms with Crippen LogP contribution in [0.25, 0.3) is 11.1 Å². The highest BCUT2D eigenvalue weighted by atomic mass is 16.3. The second-order valence-electron chi connectivity index (χ2n) is 8.10. The number of benzene rings is 1. The summed E-state index contributed by atoms with van der Waals surface area (Å²) in [4.78, 5) is 16.6. The van der Waals surface area contributed by atoms with Crippen molar-refractivity contribution in [2.45, 2.75) is 65.8 Å². The summed E-state index contributed by atoms with van der Waals surface area (Å²) in [6, 6.07) is 7.72. The Labute approximate surface area is 138 Å². The summed E-state index contributed by atoms with van der Waals surface area (Å²) in [6.45, 7) is 10.7. The molecule has 2 rings (SSSR count). The molecular formula is C19H28N2O2. The second kappa shape index (κ2) is 6.73. The van der Waals surface area contributed by atoms with Gasteiger partial charge < -0.3 is 9.73 Å². The molecule has 1 N–H and O–H groups in total. The first-order valence-electron chi connectivity index (χ1n) is 8.30. The molecule has 0 saturated carbocycles. The van der Waals surface area contributed by atoms with Crippen LogP contribution in [0.15, 0.2) is 28.7 Å². The molecule has 23 heavy (non-hydrogen) atoms. The van der Waals surface area contributed by atoms with Gasteiger partial charge in [-0.1, -0.05) is 32.9 Å². The van der Waals surface area contributed by atoms with Crippen LogP contribution in [0.2, 0.25) is 0 Å². The van der Waals surface area contributed by atoms with Gasteiger partial charge in [0.25, 0.3) is 0 Å². The first kappa shape index (κ1) is 17.5. The van der Waals surface area contributed by atoms with Gasteiger partial charge in [0, 0.05) is 18.4 Å². The minimum absolute atomic E-state index is 0.0929. The lowest BCUT2D eigenvalue weighted by molar-refractivity contribution is -0.123. The normalized spacial score (nSPS) is 12.6. The molecular weight excluding hydrogens is 288 g/mol. The summed E-state index contributed by atoms with van der Waals surface area (Å²) in [5, 5.41) is 3.14. The van der Waals surface area contributed by atoms with Crippen molar-refractivity contribution in [1.82, 2.24) is 10.3 Å². The van der Waals surface area contributed by atoms with Gasteiger partial charge in [0.1, 0.15) is 5.52 Å². The van der Waals surface area contributed by atoms with E-state index < -0.39 is 0 Å². The summed E-state index contributed by atoms with van der Waals surface area (Å²) in [7, 11) is 0. The molecule has 0 fully saturated rings. The summed E-state index contributed by atoms with van der Waals surface area (Å²) in [5.41, 5.74) is 1.68. The number of rotatable bonds is 6. The molecule has 126 valence electrons. The molecule has 0 spiro atoms. The summed E-state index contributed by atoms with van der Waals surface area (Å²) in [5.74, 6) is 0.795. The molecule has 0 radical (unpaired) electrons. The van der Waals surface area contributed by atoms with Crippen LogP contribution >= 0.6 is 0 Å². The summed E-state index contributed by atoms with van der Waals surface area (Å²) in [6.07, 6.45) is 2.86. The Morgan fingerprint density at radius 3 is 2.52 bits per heavy atom. The predicted octanol–water partition coefficient (Wildman–Crippen LogP) is 4.48. The number of carbonyl (C=O) groups is 1. The number of fused-ring (bicyclic) bond motifs is 1. The lowest BCUT2D eigenvalue weighted by atomic mass is 9.82. The van der Waals surface area contributed by atoms with Crippen molar-refractivity contribution in [2.24, 2.45) is 5.41 Å². The van der Waals surface area contributed by atoms with Crippen LogP contribution in [0.4, 0.5) is 0 Å². The van der Waals surface area contributed by atoms with Gasteiger partial charge in [0.2, 0.25) is 5.91 Å². The molecule has 4 nitrogen and oxygen atoms in total. The Hall–Kier alpha value is -1.84. The maximum atomic E-state index is 12.1. The summed E-state index contributed by atoms with van der Waals surface area (Å²) < 4.78 is 5.67. The zero-order chi connectivity index (χ0) is 17.1. The van der Waals surface area contributed by atoms with Crippen LogP contribution in [0.3, 0.4) is 0 Å². The SMILES string of the molecule is CC(C)(C)CC(C)(C)NC(=O)CCCc1nc2ccccc2o1. The quantitative estimate of drug-likeness (QED) is 0.854. The minimum atomic E-state index is -0.188. The van der Waals surface area contributed by atoms with Crippen LogP contribution in [-0.4, -0.2) is 16.4 Å². The number of nitrogens with zero attached hydrogens (tertiary/aromatic N) is 1. The Balaban J connectivity index is 1.80. The van der Waals surface area contributed by atoms with E-state index in [-0.39, 0.29) is 16.9 Å². The van der Waals surface area contributed by atoms with Crippen molar-refractivity contribution >= 4 is 17.0 Å². The first-order chi connectivity index (χ1) is 10.6. The third kappa shape index (κ3) is 5.70. The fourth-order valence-corrected chi connectivity index (χ4v) is 3.24. The van der Waals surface area contributed by atoms with E-state index in [4.69, 9.17) is 4.42 Å². The van der Waals surface area contributed by atoms with E-state index in [2.05, 4.69) is 44.9 Å². The molecule has 0 aliphatic heterocycles. The monoisotopic (exact) mass is 316 g/mol. The number of amides is 1. The Morgan fingerprint density at radius 1 is 1.17 bits per heavy atom. The third-order valence-electron chi connectivity index (χ3n) is 3.58. The number of aromatic nitrogens is 1. The maximum Gasteiger partial charge on any atom is 0.220 e. The van der Waals surface area contributed by atoms with Gasteiger partial charge in [0.05, 0.1) is 0 Å². The van der Waals surface area contributed by atoms with E-state index in [0.29, 0.717) is 18.7 Å². The second-order valence-corrected chi connectivity index (χ2v) is 8.10. The zero-order valence-corrected chi connectivity index (χ0v) is 14.9. The van der Waals surface area contributed by atoms with Crippen molar-refractivity contribution in [2.75, 3.05) is 0 Å². The van der Waals surface area contributed by atoms with E-state index in [1.54, 1.807) is 0 Å². The Morgan fingerprint density at radius 2 is 1.87 bits per heavy atom. The van der Waals surface area contributed by atoms with Crippen LogP contribution in [0, 0.1) is 5.41 Å². The van der Waals surface area contributed by atoms with Crippen molar-refractivity contribution < 1.29 is 9.21 Å². The fraction of sp³-hybridized carbons (Fsp3) is 0.579. The van der Waals surface area contributed by atoms with Crippen molar-refractivity contribution in [3.05, 3.63) is 30.2 Å². The van der Waals surface area contributed by atoms with Gasteiger partial charge in [-0.2, -0.15) is 0 Å². The zero-order valence-electron chi connectivity index (χ0n) is 14.9. The molecule has 0 aliphatic rings. The Bertz CT molecular complexity index is 632. The number of para-hydroxylation sites is 2. The first-order valence-corrected chi connectivity index (χ1v) is 8.30. The average Bonchev–Trinajstić information content (AvgIpc) is 2.77. The van der Waals surface area contributed by atoms with E-state index in [9.17, 15) is 4.79 Å². The maximum absolute atomic E-state index is 12.1. The largest absolute Gasteiger partial charge is 0.441 e. The molecule has 0 aliphatic carbocycles. The minimum Gasteiger partial charge on any atom is -0.441 e. The highest BCUT2D eigenvalue weighted by Gasteiger charge is 2.26. The predicted molar refractivity (Wildman–Crippen MR) is 93.2 cm³/mol. The molecule has 1 aromatic carbocycles. The third-order valence-corrected chi connectivity index (χ3v) is 3.58. The smallest absolute Gasteiger partial charge is 0.220 e. The molecule has 4 heteroatoms. The van der Waals surface area contributed by atoms with Gasteiger partial charge in [0.15, 0.2) is 11.5 Å². The standard InChI is InChI=1S/C19H28N2O2/c1-18(2,3)13-19(4,5)21-16(22)11-8-12-17-20-14-9-6-7-10-15(14)23-17/h6-7,9-10H,8,11-13H2,1-5H3,(H,21,22). The molecule has 0 bridgehead atoms. The number of oxazole rings is 1. The highest BCUT2D eigenvalue weighted by molar-refractivity contribution is 5.76. The van der Waals surface area contributed by atoms with E-state index >= 15 is 0 Å². The Kier molecular flexibility index (Phi) is 5.12. The van der Waals surface area contributed by atoms with Gasteiger partial charge >= 0.3 is 0 Å². The highest BCUT2D eigenvalue weighted by Crippen LogP contribution is 2.26. The van der Waals surface area contributed by atoms with Gasteiger partial charge in [-0.25, -0.2) is 4.98 Å². The molecule has 2 aromatic rings. The van der Waals surface area contributed by atoms with Gasteiger partial charge in [-0.3, -0.25) is 4.79 Å². The van der Waals surface area contributed by atoms with E-state index in [0.717, 1.165) is 23.9 Å². The van der Waals surface area contributed by atoms with E-state index in [1.807, 2.05) is 24.3 Å². The number of hydrogen-bond donors (Lipinski definition) is 1. The molecule has 1 amide bonds. The lowest BCUT2D eigenvalue weighted by Gasteiger charge is -2.33. The van der Waals surface area contributed by atoms with Crippen molar-refractivity contribution in [3.8, 4) is 0 Å². The van der Waals surface area contributed by atoms with Crippen LogP contribution in [0.1, 0.15) is 59.8 Å². The van der Waals surface area contributed by atoms with Crippen LogP contribution in [-0.2, 0) is 11.2 Å². The number of nitrogens with one attached hydrogen (secondary N) is 1. The fourth-order valence-electron chi connectivity index (χ4n) is 3.24. The van der Waals surface area contributed by atoms with Gasteiger partial charge in [-0.05, 0) is 44.2 Å². The topological polar surface area (TPSA) is 55.1 Å². The molecule has 1 aromatic heterocycles. The van der Waals surface area contributed by atoms with Crippen LogP contribution in [0.5, 0.6) is 0 Å². The lowest BCUT2D eigenvalue weighted by Crippen LogP contribution is -2.45. The van der Waals surface area contributed by atoms with E-state index in [1.165, 1.54) is 0 Å². The number of hydrogen-bond acceptors (Lipinski definition) is 3. The van der Waals surface area contributed by atoms with Gasteiger partial charge in [-0.15, -0.1) is 0 Å². The number of carbonyl (C=O) groups excluding carboxylic acids is 1. The summed E-state index contributed by atoms with van der Waals surface area (Å²) >= 11 is 0. The van der Waals surface area contributed by atoms with Crippen LogP contribution < -0.4 is 5.32 Å². The number of aryl methyl sites for hydroxylation is 1. The molecule has 1 heterocycles. The molecule has 0 saturated heterocycles. The van der Waals surface area contributed by atoms with Crippen molar-refractivity contribution in [1.29, 1.82) is 0 Å². The average molecular weight is 316 g/mol.